The molecule has 4 rings (SSSR count). The third-order valence-electron chi connectivity index (χ3n) is 5.42. The minimum Gasteiger partial charge on any atom is -0.317 e. The first-order valence-electron chi connectivity index (χ1n) is 7.76. The van der Waals surface area contributed by atoms with Gasteiger partial charge < -0.3 is 10.6 Å². The number of amides is 1. The number of nitrogens with zero attached hydrogens (tertiary/aromatic N) is 2. The minimum absolute atomic E-state index is 0. The number of hydrogen-bond donors (Lipinski definition) is 2. The molecule has 1 aromatic rings. The molecule has 1 atom stereocenters. The van der Waals surface area contributed by atoms with E-state index in [1.54, 1.807) is 0 Å². The second kappa shape index (κ2) is 5.29. The van der Waals surface area contributed by atoms with Gasteiger partial charge in [0.1, 0.15) is 5.82 Å². The average molecular weight is 311 g/mol. The molecule has 3 aliphatic rings. The van der Waals surface area contributed by atoms with E-state index in [4.69, 9.17) is 0 Å². The van der Waals surface area contributed by atoms with Crippen LogP contribution < -0.4 is 10.6 Å². The lowest BCUT2D eigenvalue weighted by Gasteiger charge is -2.23. The van der Waals surface area contributed by atoms with E-state index in [2.05, 4.69) is 15.7 Å². The quantitative estimate of drug-likeness (QED) is 0.873. The predicted molar refractivity (Wildman–Crippen MR) is 83.8 cm³/mol. The zero-order valence-electron chi connectivity index (χ0n) is 12.4. The Morgan fingerprint density at radius 1 is 1.38 bits per heavy atom. The number of rotatable bonds is 2. The van der Waals surface area contributed by atoms with E-state index in [0.717, 1.165) is 51.0 Å². The Kier molecular flexibility index (Phi) is 3.74. The van der Waals surface area contributed by atoms with Crippen LogP contribution in [0.1, 0.15) is 36.9 Å². The van der Waals surface area contributed by atoms with Crippen molar-refractivity contribution in [2.75, 3.05) is 18.4 Å². The molecule has 2 aliphatic carbocycles. The lowest BCUT2D eigenvalue weighted by atomic mass is 9.92. The Hall–Kier alpha value is -1.07. The summed E-state index contributed by atoms with van der Waals surface area (Å²) in [4.78, 5) is 12.5. The number of anilines is 1. The molecule has 21 heavy (non-hydrogen) atoms. The molecule has 1 unspecified atom stereocenters. The molecular formula is C15H23ClN4O. The van der Waals surface area contributed by atoms with Gasteiger partial charge in [0.05, 0.1) is 5.69 Å². The second-order valence-electron chi connectivity index (χ2n) is 6.61. The van der Waals surface area contributed by atoms with Gasteiger partial charge in [0, 0.05) is 18.5 Å². The number of halogens is 1. The normalized spacial score (nSPS) is 25.3. The summed E-state index contributed by atoms with van der Waals surface area (Å²) in [6.45, 7) is 2.12. The Balaban J connectivity index is 0.00000132. The number of hydrogen-bond acceptors (Lipinski definition) is 3. The van der Waals surface area contributed by atoms with Crippen LogP contribution in [-0.4, -0.2) is 28.8 Å². The van der Waals surface area contributed by atoms with E-state index < -0.39 is 0 Å². The van der Waals surface area contributed by atoms with Crippen LogP contribution in [0.4, 0.5) is 5.82 Å². The Labute approximate surface area is 131 Å². The van der Waals surface area contributed by atoms with Crippen molar-refractivity contribution in [2.24, 2.45) is 18.4 Å². The maximum absolute atomic E-state index is 12.5. The summed E-state index contributed by atoms with van der Waals surface area (Å²) >= 11 is 0. The molecule has 0 aromatic carbocycles. The maximum Gasteiger partial charge on any atom is 0.229 e. The van der Waals surface area contributed by atoms with Gasteiger partial charge in [-0.1, -0.05) is 0 Å². The van der Waals surface area contributed by atoms with Crippen LogP contribution in [0.5, 0.6) is 0 Å². The van der Waals surface area contributed by atoms with Crippen molar-refractivity contribution in [3.63, 3.8) is 0 Å². The molecule has 5 nitrogen and oxygen atoms in total. The Morgan fingerprint density at radius 2 is 2.14 bits per heavy atom. The van der Waals surface area contributed by atoms with Crippen LogP contribution in [-0.2, 0) is 24.7 Å². The average Bonchev–Trinajstić information content (AvgIpc) is 2.80. The molecule has 0 bridgehead atoms. The molecular weight excluding hydrogens is 288 g/mol. The van der Waals surface area contributed by atoms with Crippen LogP contribution in [0, 0.1) is 11.3 Å². The number of aromatic nitrogens is 2. The number of carbonyl (C=O) groups is 1. The number of piperidine rings is 1. The summed E-state index contributed by atoms with van der Waals surface area (Å²) in [6, 6.07) is 0. The van der Waals surface area contributed by atoms with Gasteiger partial charge in [-0.25, -0.2) is 0 Å². The van der Waals surface area contributed by atoms with E-state index in [9.17, 15) is 4.79 Å². The minimum atomic E-state index is 0. The van der Waals surface area contributed by atoms with Crippen molar-refractivity contribution in [3.8, 4) is 0 Å². The summed E-state index contributed by atoms with van der Waals surface area (Å²) in [7, 11) is 1.93. The summed E-state index contributed by atoms with van der Waals surface area (Å²) in [5, 5.41) is 11.1. The molecule has 2 heterocycles. The molecule has 0 radical (unpaired) electrons. The lowest BCUT2D eigenvalue weighted by molar-refractivity contribution is -0.118. The number of carbonyl (C=O) groups excluding carboxylic acids is 1. The largest absolute Gasteiger partial charge is 0.317 e. The molecule has 1 aliphatic heterocycles. The third-order valence-corrected chi connectivity index (χ3v) is 5.42. The summed E-state index contributed by atoms with van der Waals surface area (Å²) in [6.07, 6.45) is 6.64. The molecule has 116 valence electrons. The predicted octanol–water partition coefficient (Wildman–Crippen LogP) is 1.66. The molecule has 1 amide bonds. The highest BCUT2D eigenvalue weighted by molar-refractivity contribution is 5.95. The Bertz CT molecular complexity index is 562. The van der Waals surface area contributed by atoms with Gasteiger partial charge in [0.15, 0.2) is 0 Å². The Morgan fingerprint density at radius 3 is 2.90 bits per heavy atom. The van der Waals surface area contributed by atoms with E-state index in [1.165, 1.54) is 17.7 Å². The van der Waals surface area contributed by atoms with Crippen molar-refractivity contribution in [3.05, 3.63) is 11.3 Å². The third kappa shape index (κ3) is 2.36. The first-order chi connectivity index (χ1) is 9.70. The highest BCUT2D eigenvalue weighted by Crippen LogP contribution is 2.58. The SMILES string of the molecule is Cl.Cn1nc2c(c1NC(=O)C1CC13CCNCC3)CCC2. The van der Waals surface area contributed by atoms with Crippen LogP contribution in [0.2, 0.25) is 0 Å². The fourth-order valence-corrected chi connectivity index (χ4v) is 4.08. The second-order valence-corrected chi connectivity index (χ2v) is 6.61. The fourth-order valence-electron chi connectivity index (χ4n) is 4.08. The molecule has 1 saturated heterocycles. The van der Waals surface area contributed by atoms with E-state index in [1.807, 2.05) is 11.7 Å². The van der Waals surface area contributed by atoms with Crippen LogP contribution in [0.15, 0.2) is 0 Å². The van der Waals surface area contributed by atoms with Gasteiger partial charge in [-0.3, -0.25) is 9.48 Å². The smallest absolute Gasteiger partial charge is 0.229 e. The van der Waals surface area contributed by atoms with Gasteiger partial charge in [-0.15, -0.1) is 12.4 Å². The molecule has 1 aromatic heterocycles. The standard InChI is InChI=1S/C15H22N4O.ClH/c1-19-13(10-3-2-4-12(10)18-19)17-14(20)11-9-15(11)5-7-16-8-6-15;/h11,16H,2-9H2,1H3,(H,17,20);1H. The topological polar surface area (TPSA) is 59.0 Å². The van der Waals surface area contributed by atoms with Crippen LogP contribution in [0.25, 0.3) is 0 Å². The fraction of sp³-hybridized carbons (Fsp3) is 0.733. The summed E-state index contributed by atoms with van der Waals surface area (Å²) in [5.41, 5.74) is 2.74. The van der Waals surface area contributed by atoms with Crippen LogP contribution >= 0.6 is 12.4 Å². The van der Waals surface area contributed by atoms with E-state index in [-0.39, 0.29) is 24.2 Å². The van der Waals surface area contributed by atoms with E-state index >= 15 is 0 Å². The van der Waals surface area contributed by atoms with Gasteiger partial charge in [0.2, 0.25) is 5.91 Å². The van der Waals surface area contributed by atoms with Crippen molar-refractivity contribution < 1.29 is 4.79 Å². The number of aryl methyl sites for hydroxylation is 2. The van der Waals surface area contributed by atoms with Crippen molar-refractivity contribution in [1.29, 1.82) is 0 Å². The lowest BCUT2D eigenvalue weighted by Crippen LogP contribution is -2.32. The molecule has 2 N–H and O–H groups in total. The molecule has 6 heteroatoms. The van der Waals surface area contributed by atoms with Gasteiger partial charge in [-0.05, 0) is 57.0 Å². The maximum atomic E-state index is 12.5. The summed E-state index contributed by atoms with van der Waals surface area (Å²) in [5.74, 6) is 1.37. The van der Waals surface area contributed by atoms with E-state index in [0.29, 0.717) is 5.41 Å². The monoisotopic (exact) mass is 310 g/mol. The molecule has 1 saturated carbocycles. The number of nitrogens with one attached hydrogen (secondary N) is 2. The van der Waals surface area contributed by atoms with Crippen molar-refractivity contribution in [2.45, 2.75) is 38.5 Å². The van der Waals surface area contributed by atoms with Gasteiger partial charge in [0.25, 0.3) is 0 Å². The van der Waals surface area contributed by atoms with Crippen molar-refractivity contribution >= 4 is 24.1 Å². The van der Waals surface area contributed by atoms with Crippen molar-refractivity contribution in [1.82, 2.24) is 15.1 Å². The first-order valence-corrected chi connectivity index (χ1v) is 7.76. The van der Waals surface area contributed by atoms with Gasteiger partial charge in [-0.2, -0.15) is 5.10 Å². The highest BCUT2D eigenvalue weighted by atomic mass is 35.5. The molecule has 2 fully saturated rings. The first kappa shape index (κ1) is 14.9. The summed E-state index contributed by atoms with van der Waals surface area (Å²) < 4.78 is 1.85. The zero-order valence-corrected chi connectivity index (χ0v) is 13.3. The van der Waals surface area contributed by atoms with Crippen LogP contribution in [0.3, 0.4) is 0 Å². The van der Waals surface area contributed by atoms with Gasteiger partial charge >= 0.3 is 0 Å². The number of fused-ring (bicyclic) bond motifs is 1. The highest BCUT2D eigenvalue weighted by Gasteiger charge is 2.57. The molecule has 1 spiro atoms. The zero-order chi connectivity index (χ0) is 13.7.